The molecule has 5 heteroatoms. The average molecular weight is 235 g/mol. The normalized spacial score (nSPS) is 15.0. The molecule has 2 rings (SSSR count). The van der Waals surface area contributed by atoms with Crippen molar-refractivity contribution in [2.24, 2.45) is 0 Å². The van der Waals surface area contributed by atoms with Crippen LogP contribution in [0.2, 0.25) is 0 Å². The summed E-state index contributed by atoms with van der Waals surface area (Å²) in [6, 6.07) is 3.53. The van der Waals surface area contributed by atoms with E-state index < -0.39 is 0 Å². The third-order valence-corrected chi connectivity index (χ3v) is 2.83. The zero-order valence-corrected chi connectivity index (χ0v) is 9.72. The molecule has 1 fully saturated rings. The van der Waals surface area contributed by atoms with Crippen LogP contribution < -0.4 is 10.2 Å². The van der Waals surface area contributed by atoms with Crippen molar-refractivity contribution in [3.8, 4) is 0 Å². The number of carbonyl (C=O) groups is 1. The van der Waals surface area contributed by atoms with Gasteiger partial charge in [0.05, 0.1) is 12.2 Å². The van der Waals surface area contributed by atoms with Gasteiger partial charge in [0.25, 0.3) is 5.91 Å². The molecule has 0 atom stereocenters. The average Bonchev–Trinajstić information content (AvgIpc) is 2.89. The molecule has 0 aliphatic carbocycles. The number of hydrogen-bond acceptors (Lipinski definition) is 4. The predicted molar refractivity (Wildman–Crippen MR) is 65.1 cm³/mol. The number of hydrogen-bond donors (Lipinski definition) is 2. The molecule has 0 unspecified atom stereocenters. The number of carbonyl (C=O) groups excluding carboxylic acids is 1. The minimum absolute atomic E-state index is 0.0505. The molecule has 1 aromatic rings. The molecular formula is C12H17N3O2. The summed E-state index contributed by atoms with van der Waals surface area (Å²) >= 11 is 0. The molecule has 1 aliphatic rings. The predicted octanol–water partition coefficient (Wildman–Crippen LogP) is 0.404. The van der Waals surface area contributed by atoms with Gasteiger partial charge in [0, 0.05) is 25.8 Å². The molecule has 0 bridgehead atoms. The monoisotopic (exact) mass is 235 g/mol. The first-order chi connectivity index (χ1) is 8.33. The van der Waals surface area contributed by atoms with Crippen molar-refractivity contribution in [2.45, 2.75) is 12.8 Å². The molecular weight excluding hydrogens is 218 g/mol. The van der Waals surface area contributed by atoms with Crippen LogP contribution in [0.5, 0.6) is 0 Å². The maximum atomic E-state index is 11.9. The second-order valence-corrected chi connectivity index (χ2v) is 4.05. The first kappa shape index (κ1) is 11.9. The lowest BCUT2D eigenvalue weighted by molar-refractivity contribution is 0.0945. The molecule has 5 nitrogen and oxygen atoms in total. The van der Waals surface area contributed by atoms with E-state index in [1.807, 2.05) is 0 Å². The van der Waals surface area contributed by atoms with Crippen LogP contribution in [0, 0.1) is 0 Å². The lowest BCUT2D eigenvalue weighted by atomic mass is 10.2. The number of rotatable bonds is 4. The van der Waals surface area contributed by atoms with Gasteiger partial charge in [0.1, 0.15) is 5.82 Å². The van der Waals surface area contributed by atoms with Crippen LogP contribution in [0.25, 0.3) is 0 Å². The number of aliphatic hydroxyl groups excluding tert-OH is 1. The van der Waals surface area contributed by atoms with Gasteiger partial charge in [-0.1, -0.05) is 0 Å². The Morgan fingerprint density at radius 2 is 2.24 bits per heavy atom. The van der Waals surface area contributed by atoms with E-state index in [9.17, 15) is 4.79 Å². The maximum absolute atomic E-state index is 11.9. The highest BCUT2D eigenvalue weighted by Crippen LogP contribution is 2.21. The van der Waals surface area contributed by atoms with Crippen molar-refractivity contribution in [2.75, 3.05) is 31.1 Å². The fourth-order valence-electron chi connectivity index (χ4n) is 2.02. The summed E-state index contributed by atoms with van der Waals surface area (Å²) in [7, 11) is 0. The highest BCUT2D eigenvalue weighted by molar-refractivity contribution is 5.98. The van der Waals surface area contributed by atoms with Gasteiger partial charge < -0.3 is 15.3 Å². The quantitative estimate of drug-likeness (QED) is 0.793. The Bertz CT molecular complexity index is 389. The van der Waals surface area contributed by atoms with Gasteiger partial charge in [-0.3, -0.25) is 4.79 Å². The van der Waals surface area contributed by atoms with Gasteiger partial charge in [0.2, 0.25) is 0 Å². The molecule has 2 N–H and O–H groups in total. The van der Waals surface area contributed by atoms with Crippen LogP contribution >= 0.6 is 0 Å². The standard InChI is InChI=1S/C12H17N3O2/c16-9-6-14-12(17)10-4-3-5-13-11(10)15-7-1-2-8-15/h3-5,16H,1-2,6-9H2,(H,14,17). The molecule has 2 heterocycles. The Kier molecular flexibility index (Phi) is 3.93. The van der Waals surface area contributed by atoms with Gasteiger partial charge in [0.15, 0.2) is 0 Å². The highest BCUT2D eigenvalue weighted by Gasteiger charge is 2.19. The van der Waals surface area contributed by atoms with Crippen LogP contribution in [0.3, 0.4) is 0 Å². The Hall–Kier alpha value is -1.62. The molecule has 17 heavy (non-hydrogen) atoms. The zero-order valence-electron chi connectivity index (χ0n) is 9.72. The topological polar surface area (TPSA) is 65.5 Å². The molecule has 0 aromatic carbocycles. The number of pyridine rings is 1. The SMILES string of the molecule is O=C(NCCO)c1cccnc1N1CCCC1. The van der Waals surface area contributed by atoms with Gasteiger partial charge in [-0.05, 0) is 25.0 Å². The van der Waals surface area contributed by atoms with Crippen molar-refractivity contribution in [3.05, 3.63) is 23.9 Å². The second kappa shape index (κ2) is 5.63. The minimum atomic E-state index is -0.172. The van der Waals surface area contributed by atoms with Crippen LogP contribution in [-0.2, 0) is 0 Å². The second-order valence-electron chi connectivity index (χ2n) is 4.05. The van der Waals surface area contributed by atoms with Crippen LogP contribution in [0.4, 0.5) is 5.82 Å². The molecule has 0 saturated carbocycles. The minimum Gasteiger partial charge on any atom is -0.395 e. The van der Waals surface area contributed by atoms with Crippen molar-refractivity contribution in [1.29, 1.82) is 0 Å². The molecule has 1 aromatic heterocycles. The fourth-order valence-corrected chi connectivity index (χ4v) is 2.02. The largest absolute Gasteiger partial charge is 0.395 e. The first-order valence-corrected chi connectivity index (χ1v) is 5.92. The lowest BCUT2D eigenvalue weighted by Gasteiger charge is -2.19. The number of aromatic nitrogens is 1. The molecule has 1 saturated heterocycles. The van der Waals surface area contributed by atoms with E-state index >= 15 is 0 Å². The van der Waals surface area contributed by atoms with E-state index in [4.69, 9.17) is 5.11 Å². The first-order valence-electron chi connectivity index (χ1n) is 5.92. The van der Waals surface area contributed by atoms with Gasteiger partial charge in [-0.25, -0.2) is 4.98 Å². The molecule has 92 valence electrons. The molecule has 1 amide bonds. The lowest BCUT2D eigenvalue weighted by Crippen LogP contribution is -2.29. The summed E-state index contributed by atoms with van der Waals surface area (Å²) in [5, 5.41) is 11.4. The Labute approximate surface area is 100 Å². The maximum Gasteiger partial charge on any atom is 0.255 e. The van der Waals surface area contributed by atoms with Gasteiger partial charge in [-0.15, -0.1) is 0 Å². The van der Waals surface area contributed by atoms with Crippen molar-refractivity contribution in [1.82, 2.24) is 10.3 Å². The number of nitrogens with one attached hydrogen (secondary N) is 1. The third kappa shape index (κ3) is 2.74. The van der Waals surface area contributed by atoms with E-state index in [0.29, 0.717) is 5.56 Å². The summed E-state index contributed by atoms with van der Waals surface area (Å²) in [5.74, 6) is 0.578. The van der Waals surface area contributed by atoms with Gasteiger partial charge in [-0.2, -0.15) is 0 Å². The smallest absolute Gasteiger partial charge is 0.255 e. The van der Waals surface area contributed by atoms with Crippen molar-refractivity contribution >= 4 is 11.7 Å². The van der Waals surface area contributed by atoms with Crippen molar-refractivity contribution < 1.29 is 9.90 Å². The summed E-state index contributed by atoms with van der Waals surface area (Å²) < 4.78 is 0. The van der Waals surface area contributed by atoms with E-state index in [0.717, 1.165) is 31.7 Å². The summed E-state index contributed by atoms with van der Waals surface area (Å²) in [6.07, 6.45) is 4.00. The molecule has 0 spiro atoms. The Morgan fingerprint density at radius 1 is 1.47 bits per heavy atom. The zero-order chi connectivity index (χ0) is 12.1. The Morgan fingerprint density at radius 3 is 2.94 bits per heavy atom. The van der Waals surface area contributed by atoms with Crippen LogP contribution in [0.15, 0.2) is 18.3 Å². The van der Waals surface area contributed by atoms with E-state index in [-0.39, 0.29) is 19.1 Å². The van der Waals surface area contributed by atoms with E-state index in [1.54, 1.807) is 18.3 Å². The van der Waals surface area contributed by atoms with Crippen LogP contribution in [-0.4, -0.2) is 42.2 Å². The summed E-state index contributed by atoms with van der Waals surface area (Å²) in [4.78, 5) is 18.3. The van der Waals surface area contributed by atoms with Gasteiger partial charge >= 0.3 is 0 Å². The third-order valence-electron chi connectivity index (χ3n) is 2.83. The Balaban J connectivity index is 2.17. The highest BCUT2D eigenvalue weighted by atomic mass is 16.3. The number of nitrogens with zero attached hydrogens (tertiary/aromatic N) is 2. The fraction of sp³-hybridized carbons (Fsp3) is 0.500. The van der Waals surface area contributed by atoms with Crippen LogP contribution in [0.1, 0.15) is 23.2 Å². The van der Waals surface area contributed by atoms with Crippen molar-refractivity contribution in [3.63, 3.8) is 0 Å². The number of anilines is 1. The summed E-state index contributed by atoms with van der Waals surface area (Å²) in [5.41, 5.74) is 0.586. The van der Waals surface area contributed by atoms with E-state index in [1.165, 1.54) is 0 Å². The number of amides is 1. The molecule has 0 radical (unpaired) electrons. The summed E-state index contributed by atoms with van der Waals surface area (Å²) in [6.45, 7) is 2.13. The number of aliphatic hydroxyl groups is 1. The van der Waals surface area contributed by atoms with E-state index in [2.05, 4.69) is 15.2 Å². The molecule has 1 aliphatic heterocycles.